The van der Waals surface area contributed by atoms with Crippen molar-refractivity contribution in [2.24, 2.45) is 5.73 Å². The Morgan fingerprint density at radius 2 is 2.05 bits per heavy atom. The third kappa shape index (κ3) is 6.04. The van der Waals surface area contributed by atoms with Crippen LogP contribution in [0.5, 0.6) is 5.75 Å². The van der Waals surface area contributed by atoms with Crippen molar-refractivity contribution < 1.29 is 19.4 Å². The van der Waals surface area contributed by atoms with Crippen molar-refractivity contribution in [3.05, 3.63) is 29.3 Å². The second kappa shape index (κ2) is 7.31. The van der Waals surface area contributed by atoms with E-state index in [1.807, 2.05) is 12.1 Å². The molecule has 3 N–H and O–H groups in total. The second-order valence-corrected chi connectivity index (χ2v) is 6.03. The number of carbonyl (C=O) groups is 1. The van der Waals surface area contributed by atoms with Crippen LogP contribution in [-0.2, 0) is 17.6 Å². The van der Waals surface area contributed by atoms with Crippen LogP contribution < -0.4 is 10.5 Å². The van der Waals surface area contributed by atoms with Crippen molar-refractivity contribution in [1.29, 1.82) is 0 Å². The fraction of sp³-hybridized carbons (Fsp3) is 0.562. The topological polar surface area (TPSA) is 81.8 Å². The number of primary amides is 1. The molecule has 0 saturated carbocycles. The van der Waals surface area contributed by atoms with Crippen LogP contribution in [0, 0.1) is 0 Å². The van der Waals surface area contributed by atoms with Crippen molar-refractivity contribution in [2.45, 2.75) is 51.7 Å². The minimum atomic E-state index is -0.725. The van der Waals surface area contributed by atoms with Gasteiger partial charge in [0, 0.05) is 6.42 Å². The van der Waals surface area contributed by atoms with Crippen molar-refractivity contribution in [2.75, 3.05) is 7.11 Å². The third-order valence-electron chi connectivity index (χ3n) is 3.04. The number of carbonyl (C=O) groups excluding carboxylic acids is 1. The first-order valence-electron chi connectivity index (χ1n) is 7.04. The van der Waals surface area contributed by atoms with Crippen molar-refractivity contribution in [3.8, 4) is 5.75 Å². The van der Waals surface area contributed by atoms with Crippen molar-refractivity contribution in [1.82, 2.24) is 0 Å². The zero-order chi connectivity index (χ0) is 16.0. The van der Waals surface area contributed by atoms with Gasteiger partial charge in [-0.15, -0.1) is 0 Å². The lowest BCUT2D eigenvalue weighted by atomic mass is 9.89. The van der Waals surface area contributed by atoms with Crippen LogP contribution in [0.2, 0.25) is 0 Å². The summed E-state index contributed by atoms with van der Waals surface area (Å²) in [6.07, 6.45) is 1.66. The van der Waals surface area contributed by atoms with E-state index >= 15 is 0 Å². The Balaban J connectivity index is 0.000000240. The molecule has 0 aliphatic heterocycles. The van der Waals surface area contributed by atoms with Gasteiger partial charge >= 0.3 is 6.09 Å². The summed E-state index contributed by atoms with van der Waals surface area (Å²) in [6.45, 7) is 5.28. The second-order valence-electron chi connectivity index (χ2n) is 6.03. The molecule has 5 nitrogen and oxygen atoms in total. The molecule has 1 aliphatic carbocycles. The van der Waals surface area contributed by atoms with Crippen LogP contribution in [0.1, 0.15) is 38.3 Å². The van der Waals surface area contributed by atoms with Gasteiger partial charge < -0.3 is 20.3 Å². The van der Waals surface area contributed by atoms with Gasteiger partial charge in [0.05, 0.1) is 13.2 Å². The molecule has 1 unspecified atom stereocenters. The summed E-state index contributed by atoms with van der Waals surface area (Å²) in [5.74, 6) is 0.913. The highest BCUT2D eigenvalue weighted by Gasteiger charge is 2.19. The molecule has 5 heteroatoms. The standard InChI is InChI=1S/C11H14O2.C5H11NO2/c1-13-11-4-2-3-8-5-6-9(12)7-10(8)11;1-5(2,3)8-4(6)7/h2-4,9,12H,5-7H2,1H3;1-3H3,(H2,6,7). The van der Waals surface area contributed by atoms with Gasteiger partial charge in [-0.2, -0.15) is 0 Å². The molecule has 0 bridgehead atoms. The van der Waals surface area contributed by atoms with Crippen LogP contribution in [0.4, 0.5) is 4.79 Å². The Labute approximate surface area is 126 Å². The van der Waals surface area contributed by atoms with Crippen LogP contribution >= 0.6 is 0 Å². The molecule has 0 saturated heterocycles. The average molecular weight is 295 g/mol. The van der Waals surface area contributed by atoms with Gasteiger partial charge in [0.25, 0.3) is 0 Å². The molecule has 21 heavy (non-hydrogen) atoms. The number of ether oxygens (including phenoxy) is 2. The minimum absolute atomic E-state index is 0.191. The average Bonchev–Trinajstić information content (AvgIpc) is 2.35. The lowest BCUT2D eigenvalue weighted by Crippen LogP contribution is -2.27. The van der Waals surface area contributed by atoms with E-state index in [1.165, 1.54) is 11.1 Å². The van der Waals surface area contributed by atoms with Gasteiger partial charge in [-0.3, -0.25) is 0 Å². The molecule has 1 amide bonds. The number of aryl methyl sites for hydroxylation is 1. The molecule has 0 aromatic heterocycles. The zero-order valence-electron chi connectivity index (χ0n) is 13.2. The number of fused-ring (bicyclic) bond motifs is 1. The Morgan fingerprint density at radius 1 is 1.38 bits per heavy atom. The molecule has 118 valence electrons. The molecule has 1 atom stereocenters. The van der Waals surface area contributed by atoms with Crippen molar-refractivity contribution >= 4 is 6.09 Å². The summed E-state index contributed by atoms with van der Waals surface area (Å²) in [4.78, 5) is 10.0. The summed E-state index contributed by atoms with van der Waals surface area (Å²) in [5.41, 5.74) is 6.77. The zero-order valence-corrected chi connectivity index (χ0v) is 13.2. The summed E-state index contributed by atoms with van der Waals surface area (Å²) < 4.78 is 9.83. The van der Waals surface area contributed by atoms with E-state index in [4.69, 9.17) is 10.5 Å². The van der Waals surface area contributed by atoms with Crippen LogP contribution in [-0.4, -0.2) is 30.0 Å². The fourth-order valence-electron chi connectivity index (χ4n) is 2.23. The molecule has 1 aromatic rings. The van der Waals surface area contributed by atoms with Crippen molar-refractivity contribution in [3.63, 3.8) is 0 Å². The normalized spacial score (nSPS) is 17.1. The Kier molecular flexibility index (Phi) is 6.03. The summed E-state index contributed by atoms with van der Waals surface area (Å²) in [6, 6.07) is 6.08. The first-order chi connectivity index (χ1) is 9.73. The van der Waals surface area contributed by atoms with Crippen LogP contribution in [0.25, 0.3) is 0 Å². The largest absolute Gasteiger partial charge is 0.496 e. The molecule has 0 heterocycles. The predicted molar refractivity (Wildman–Crippen MR) is 81.4 cm³/mol. The number of hydrogen-bond donors (Lipinski definition) is 2. The molecule has 0 spiro atoms. The highest BCUT2D eigenvalue weighted by molar-refractivity contribution is 5.65. The minimum Gasteiger partial charge on any atom is -0.496 e. The molecular weight excluding hydrogens is 270 g/mol. The van der Waals surface area contributed by atoms with Gasteiger partial charge in [-0.25, -0.2) is 4.79 Å². The predicted octanol–water partition coefficient (Wildman–Crippen LogP) is 2.43. The number of hydrogen-bond acceptors (Lipinski definition) is 4. The maximum Gasteiger partial charge on any atom is 0.405 e. The molecular formula is C16H25NO4. The molecule has 2 rings (SSSR count). The Hall–Kier alpha value is -1.75. The first kappa shape index (κ1) is 17.3. The third-order valence-corrected chi connectivity index (χ3v) is 3.04. The number of nitrogens with two attached hydrogens (primary N) is 1. The van der Waals surface area contributed by atoms with Gasteiger partial charge in [-0.05, 0) is 50.8 Å². The van der Waals surface area contributed by atoms with E-state index in [1.54, 1.807) is 27.9 Å². The van der Waals surface area contributed by atoms with E-state index in [2.05, 4.69) is 10.8 Å². The molecule has 1 aromatic carbocycles. The highest BCUT2D eigenvalue weighted by atomic mass is 16.6. The van der Waals surface area contributed by atoms with Gasteiger partial charge in [0.15, 0.2) is 0 Å². The van der Waals surface area contributed by atoms with E-state index in [0.717, 1.165) is 25.0 Å². The highest BCUT2D eigenvalue weighted by Crippen LogP contribution is 2.29. The Bertz CT molecular complexity index is 465. The lowest BCUT2D eigenvalue weighted by molar-refractivity contribution is 0.0600. The van der Waals surface area contributed by atoms with Crippen LogP contribution in [0.3, 0.4) is 0 Å². The van der Waals surface area contributed by atoms with Gasteiger partial charge in [0.1, 0.15) is 11.4 Å². The van der Waals surface area contributed by atoms with E-state index in [-0.39, 0.29) is 6.10 Å². The van der Waals surface area contributed by atoms with Gasteiger partial charge in [-0.1, -0.05) is 12.1 Å². The quantitative estimate of drug-likeness (QED) is 0.833. The summed E-state index contributed by atoms with van der Waals surface area (Å²) in [7, 11) is 1.68. The maximum absolute atomic E-state index is 10.0. The summed E-state index contributed by atoms with van der Waals surface area (Å²) >= 11 is 0. The molecule has 0 radical (unpaired) electrons. The number of aliphatic hydroxyl groups excluding tert-OH is 1. The number of amides is 1. The van der Waals surface area contributed by atoms with Crippen LogP contribution in [0.15, 0.2) is 18.2 Å². The number of benzene rings is 1. The Morgan fingerprint density at radius 3 is 2.52 bits per heavy atom. The number of methoxy groups -OCH3 is 1. The van der Waals surface area contributed by atoms with E-state index in [0.29, 0.717) is 0 Å². The first-order valence-corrected chi connectivity index (χ1v) is 7.04. The monoisotopic (exact) mass is 295 g/mol. The maximum atomic E-state index is 10.0. The fourth-order valence-corrected chi connectivity index (χ4v) is 2.23. The smallest absolute Gasteiger partial charge is 0.405 e. The summed E-state index contributed by atoms with van der Waals surface area (Å²) in [5, 5.41) is 9.52. The lowest BCUT2D eigenvalue weighted by Gasteiger charge is -2.22. The molecule has 0 fully saturated rings. The van der Waals surface area contributed by atoms with E-state index in [9.17, 15) is 9.90 Å². The SMILES string of the molecule is CC(C)(C)OC(N)=O.COc1cccc2c1CC(O)CC2. The van der Waals surface area contributed by atoms with Gasteiger partial charge in [0.2, 0.25) is 0 Å². The number of aliphatic hydroxyl groups is 1. The van der Waals surface area contributed by atoms with E-state index < -0.39 is 11.7 Å². The molecule has 1 aliphatic rings. The number of rotatable bonds is 1.